The van der Waals surface area contributed by atoms with Crippen LogP contribution in [0, 0.1) is 0 Å². The molecule has 140 valence electrons. The number of hydrogen-bond donors (Lipinski definition) is 2. The smallest absolute Gasteiger partial charge is 0.249 e. The molecule has 0 bridgehead atoms. The Balaban J connectivity index is 1.50. The predicted octanol–water partition coefficient (Wildman–Crippen LogP) is 3.77. The van der Waals surface area contributed by atoms with Crippen LogP contribution in [0.3, 0.4) is 0 Å². The van der Waals surface area contributed by atoms with E-state index in [4.69, 9.17) is 4.74 Å². The quantitative estimate of drug-likeness (QED) is 0.555. The molecule has 2 aromatic carbocycles. The molecule has 0 aliphatic rings. The van der Waals surface area contributed by atoms with Gasteiger partial charge in [0.15, 0.2) is 5.82 Å². The molecule has 0 unspecified atom stereocenters. The minimum absolute atomic E-state index is 0.181. The van der Waals surface area contributed by atoms with Crippen LogP contribution in [0.1, 0.15) is 18.4 Å². The van der Waals surface area contributed by atoms with E-state index in [1.807, 2.05) is 61.5 Å². The van der Waals surface area contributed by atoms with Gasteiger partial charge in [-0.15, -0.1) is 5.10 Å². The first-order valence-corrected chi connectivity index (χ1v) is 8.86. The minimum atomic E-state index is -0.358. The van der Waals surface area contributed by atoms with Crippen LogP contribution in [0.5, 0.6) is 5.75 Å². The Morgan fingerprint density at radius 2 is 1.93 bits per heavy atom. The highest BCUT2D eigenvalue weighted by molar-refractivity contribution is 5.95. The molecule has 7 nitrogen and oxygen atoms in total. The summed E-state index contributed by atoms with van der Waals surface area (Å²) in [5, 5.41) is 11.7. The Morgan fingerprint density at radius 3 is 2.71 bits per heavy atom. The van der Waals surface area contributed by atoms with Crippen molar-refractivity contribution in [2.45, 2.75) is 12.8 Å². The zero-order valence-electron chi connectivity index (χ0n) is 15.5. The van der Waals surface area contributed by atoms with E-state index >= 15 is 0 Å². The number of pyridine rings is 1. The maximum atomic E-state index is 12.7. The Morgan fingerprint density at radius 1 is 1.11 bits per heavy atom. The highest BCUT2D eigenvalue weighted by Gasteiger charge is 2.18. The van der Waals surface area contributed by atoms with Crippen LogP contribution in [0.15, 0.2) is 60.8 Å². The molecule has 0 aliphatic carbocycles. The molecule has 0 fully saturated rings. The Labute approximate surface area is 161 Å². The number of ether oxygens (including phenoxy) is 1. The van der Waals surface area contributed by atoms with Crippen molar-refractivity contribution in [2.24, 2.45) is 0 Å². The third kappa shape index (κ3) is 3.55. The summed E-state index contributed by atoms with van der Waals surface area (Å²) in [7, 11) is 1.64. The van der Waals surface area contributed by atoms with E-state index < -0.39 is 0 Å². The Kier molecular flexibility index (Phi) is 4.72. The van der Waals surface area contributed by atoms with Gasteiger partial charge in [0.2, 0.25) is 11.9 Å². The van der Waals surface area contributed by atoms with Gasteiger partial charge in [-0.3, -0.25) is 20.2 Å². The molecule has 2 heterocycles. The number of benzene rings is 2. The summed E-state index contributed by atoms with van der Waals surface area (Å²) in [5.41, 5.74) is 1.57. The topological polar surface area (TPSA) is 92.8 Å². The second kappa shape index (κ2) is 7.48. The molecule has 1 amide bonds. The van der Waals surface area contributed by atoms with Crippen molar-refractivity contribution >= 4 is 22.6 Å². The molecule has 1 atom stereocenters. The van der Waals surface area contributed by atoms with Crippen LogP contribution in [0.25, 0.3) is 22.3 Å². The number of rotatable bonds is 5. The number of anilines is 1. The number of aromatic nitrogens is 4. The number of H-pyrrole nitrogens is 1. The van der Waals surface area contributed by atoms with Crippen LogP contribution in [-0.4, -0.2) is 33.2 Å². The molecule has 2 N–H and O–H groups in total. The third-order valence-corrected chi connectivity index (χ3v) is 4.59. The number of carbonyl (C=O) groups excluding carboxylic acids is 1. The molecular formula is C21H19N5O2. The Bertz CT molecular complexity index is 1120. The summed E-state index contributed by atoms with van der Waals surface area (Å²) < 4.78 is 5.25. The van der Waals surface area contributed by atoms with E-state index in [-0.39, 0.29) is 17.8 Å². The summed E-state index contributed by atoms with van der Waals surface area (Å²) in [6.45, 7) is 1.85. The SMILES string of the molecule is COc1ccc2cc([C@H](C)C(=O)Nc3n[nH]c(-c4ccccn4)n3)ccc2c1. The van der Waals surface area contributed by atoms with Crippen molar-refractivity contribution in [2.75, 3.05) is 12.4 Å². The van der Waals surface area contributed by atoms with E-state index in [0.29, 0.717) is 11.5 Å². The number of aromatic amines is 1. The average Bonchev–Trinajstić information content (AvgIpc) is 3.21. The third-order valence-electron chi connectivity index (χ3n) is 4.59. The first-order valence-electron chi connectivity index (χ1n) is 8.86. The molecule has 28 heavy (non-hydrogen) atoms. The monoisotopic (exact) mass is 373 g/mol. The number of carbonyl (C=O) groups is 1. The van der Waals surface area contributed by atoms with Gasteiger partial charge in [0.05, 0.1) is 13.0 Å². The van der Waals surface area contributed by atoms with Crippen molar-refractivity contribution < 1.29 is 9.53 Å². The molecule has 0 aliphatic heterocycles. The highest BCUT2D eigenvalue weighted by atomic mass is 16.5. The van der Waals surface area contributed by atoms with Gasteiger partial charge in [-0.05, 0) is 47.5 Å². The lowest BCUT2D eigenvalue weighted by Crippen LogP contribution is -2.19. The largest absolute Gasteiger partial charge is 0.497 e. The van der Waals surface area contributed by atoms with Gasteiger partial charge < -0.3 is 4.74 Å². The van der Waals surface area contributed by atoms with E-state index in [2.05, 4.69) is 25.5 Å². The van der Waals surface area contributed by atoms with Gasteiger partial charge in [-0.2, -0.15) is 4.98 Å². The fraction of sp³-hybridized carbons (Fsp3) is 0.143. The van der Waals surface area contributed by atoms with Crippen LogP contribution in [0.4, 0.5) is 5.95 Å². The zero-order valence-corrected chi connectivity index (χ0v) is 15.5. The number of fused-ring (bicyclic) bond motifs is 1. The van der Waals surface area contributed by atoms with E-state index in [0.717, 1.165) is 22.1 Å². The van der Waals surface area contributed by atoms with Gasteiger partial charge >= 0.3 is 0 Å². The van der Waals surface area contributed by atoms with Crippen molar-refractivity contribution in [1.82, 2.24) is 20.2 Å². The summed E-state index contributed by atoms with van der Waals surface area (Å²) in [6.07, 6.45) is 1.67. The van der Waals surface area contributed by atoms with Crippen molar-refractivity contribution in [3.8, 4) is 17.3 Å². The molecule has 0 radical (unpaired) electrons. The van der Waals surface area contributed by atoms with E-state index in [9.17, 15) is 4.79 Å². The molecular weight excluding hydrogens is 354 g/mol. The van der Waals surface area contributed by atoms with Crippen molar-refractivity contribution in [3.05, 3.63) is 66.4 Å². The lowest BCUT2D eigenvalue weighted by atomic mass is 9.97. The first kappa shape index (κ1) is 17.7. The number of amides is 1. The lowest BCUT2D eigenvalue weighted by Gasteiger charge is -2.12. The fourth-order valence-corrected chi connectivity index (χ4v) is 2.94. The molecule has 4 rings (SSSR count). The molecule has 4 aromatic rings. The molecule has 7 heteroatoms. The fourth-order valence-electron chi connectivity index (χ4n) is 2.94. The standard InChI is InChI=1S/C21H19N5O2/c1-13(14-6-7-16-12-17(28-2)9-8-15(16)11-14)20(27)24-21-23-19(25-26-21)18-5-3-4-10-22-18/h3-13H,1-2H3,(H2,23,24,25,26,27)/t13-/m0/s1. The summed E-state index contributed by atoms with van der Waals surface area (Å²) in [4.78, 5) is 21.2. The zero-order chi connectivity index (χ0) is 19.5. The first-order chi connectivity index (χ1) is 13.6. The number of nitrogens with zero attached hydrogens (tertiary/aromatic N) is 3. The maximum absolute atomic E-state index is 12.7. The van der Waals surface area contributed by atoms with Gasteiger partial charge in [0.25, 0.3) is 0 Å². The molecule has 0 saturated heterocycles. The van der Waals surface area contributed by atoms with Crippen LogP contribution < -0.4 is 10.1 Å². The predicted molar refractivity (Wildman–Crippen MR) is 107 cm³/mol. The number of nitrogens with one attached hydrogen (secondary N) is 2. The van der Waals surface area contributed by atoms with Crippen LogP contribution in [-0.2, 0) is 4.79 Å². The minimum Gasteiger partial charge on any atom is -0.497 e. The second-order valence-corrected chi connectivity index (χ2v) is 6.41. The highest BCUT2D eigenvalue weighted by Crippen LogP contribution is 2.26. The number of hydrogen-bond acceptors (Lipinski definition) is 5. The van der Waals surface area contributed by atoms with Crippen LogP contribution >= 0.6 is 0 Å². The van der Waals surface area contributed by atoms with E-state index in [1.165, 1.54) is 0 Å². The molecule has 2 aromatic heterocycles. The van der Waals surface area contributed by atoms with E-state index in [1.54, 1.807) is 13.3 Å². The van der Waals surface area contributed by atoms with Gasteiger partial charge in [0, 0.05) is 6.20 Å². The average molecular weight is 373 g/mol. The summed E-state index contributed by atoms with van der Waals surface area (Å²) >= 11 is 0. The summed E-state index contributed by atoms with van der Waals surface area (Å²) in [6, 6.07) is 17.3. The maximum Gasteiger partial charge on any atom is 0.249 e. The van der Waals surface area contributed by atoms with Crippen molar-refractivity contribution in [3.63, 3.8) is 0 Å². The normalized spacial score (nSPS) is 11.9. The van der Waals surface area contributed by atoms with Gasteiger partial charge in [-0.1, -0.05) is 30.3 Å². The molecule has 0 spiro atoms. The van der Waals surface area contributed by atoms with Crippen molar-refractivity contribution in [1.29, 1.82) is 0 Å². The number of methoxy groups -OCH3 is 1. The lowest BCUT2D eigenvalue weighted by molar-refractivity contribution is -0.117. The molecule has 0 saturated carbocycles. The second-order valence-electron chi connectivity index (χ2n) is 6.41. The summed E-state index contributed by atoms with van der Waals surface area (Å²) in [5.74, 6) is 0.994. The Hall–Kier alpha value is -3.74. The van der Waals surface area contributed by atoms with Gasteiger partial charge in [-0.25, -0.2) is 0 Å². The van der Waals surface area contributed by atoms with Gasteiger partial charge in [0.1, 0.15) is 11.4 Å². The van der Waals surface area contributed by atoms with Crippen LogP contribution in [0.2, 0.25) is 0 Å².